The zero-order chi connectivity index (χ0) is 14.8. The lowest BCUT2D eigenvalue weighted by Gasteiger charge is -2.33. The second kappa shape index (κ2) is 5.99. The van der Waals surface area contributed by atoms with Crippen LogP contribution in [-0.4, -0.2) is 36.4 Å². The van der Waals surface area contributed by atoms with E-state index in [4.69, 9.17) is 22.5 Å². The number of benzene rings is 1. The highest BCUT2D eigenvalue weighted by molar-refractivity contribution is 7.89. The van der Waals surface area contributed by atoms with Gasteiger partial charge in [-0.25, -0.2) is 8.42 Å². The fraction of sp³-hybridized carbons (Fsp3) is 0.417. The van der Waals surface area contributed by atoms with Gasteiger partial charge in [0.1, 0.15) is 0 Å². The van der Waals surface area contributed by atoms with E-state index in [-0.39, 0.29) is 10.7 Å². The molecule has 0 radical (unpaired) electrons. The van der Waals surface area contributed by atoms with Crippen molar-refractivity contribution in [2.24, 2.45) is 10.9 Å². The molecule has 0 aromatic heterocycles. The molecule has 1 aromatic rings. The van der Waals surface area contributed by atoms with Gasteiger partial charge in [-0.05, 0) is 37.1 Å². The third kappa shape index (κ3) is 2.89. The minimum absolute atomic E-state index is 0.0813. The van der Waals surface area contributed by atoms with Crippen molar-refractivity contribution in [3.63, 3.8) is 0 Å². The molecule has 1 saturated heterocycles. The summed E-state index contributed by atoms with van der Waals surface area (Å²) in [5, 5.41) is 12.2. The highest BCUT2D eigenvalue weighted by Gasteiger charge is 2.35. The van der Waals surface area contributed by atoms with Crippen LogP contribution in [-0.2, 0) is 10.0 Å². The van der Waals surface area contributed by atoms with Crippen LogP contribution in [0.25, 0.3) is 0 Å². The molecule has 0 bridgehead atoms. The van der Waals surface area contributed by atoms with Gasteiger partial charge in [-0.15, -0.1) is 0 Å². The zero-order valence-electron chi connectivity index (χ0n) is 10.7. The van der Waals surface area contributed by atoms with Crippen molar-refractivity contribution in [2.45, 2.75) is 30.2 Å². The van der Waals surface area contributed by atoms with E-state index in [1.165, 1.54) is 28.6 Å². The maximum absolute atomic E-state index is 12.6. The molecule has 110 valence electrons. The average Bonchev–Trinajstić information content (AvgIpc) is 2.47. The molecule has 0 amide bonds. The third-order valence-electron chi connectivity index (χ3n) is 3.33. The molecule has 1 fully saturated rings. The van der Waals surface area contributed by atoms with Crippen molar-refractivity contribution < 1.29 is 13.6 Å². The van der Waals surface area contributed by atoms with Crippen LogP contribution in [0.2, 0.25) is 5.02 Å². The smallest absolute Gasteiger partial charge is 0.243 e. The van der Waals surface area contributed by atoms with Crippen molar-refractivity contribution in [2.75, 3.05) is 6.54 Å². The standard InChI is InChI=1S/C12H16ClN3O3S/c13-9-4-6-10(7-5-9)20(18,19)16-8-2-1-3-11(16)12(14)15-17/h4-7,11,17H,1-3,8H2,(H2,14,15). The highest BCUT2D eigenvalue weighted by Crippen LogP contribution is 2.26. The van der Waals surface area contributed by atoms with Gasteiger partial charge < -0.3 is 10.9 Å². The summed E-state index contributed by atoms with van der Waals surface area (Å²) in [6.45, 7) is 0.353. The Morgan fingerprint density at radius 2 is 2.00 bits per heavy atom. The Morgan fingerprint density at radius 1 is 1.35 bits per heavy atom. The zero-order valence-corrected chi connectivity index (χ0v) is 12.3. The van der Waals surface area contributed by atoms with Crippen LogP contribution in [0.4, 0.5) is 0 Å². The third-order valence-corrected chi connectivity index (χ3v) is 5.51. The normalized spacial score (nSPS) is 21.9. The minimum Gasteiger partial charge on any atom is -0.409 e. The molecule has 2 rings (SSSR count). The molecule has 1 unspecified atom stereocenters. The molecule has 1 aliphatic heterocycles. The second-order valence-corrected chi connectivity index (χ2v) is 6.93. The van der Waals surface area contributed by atoms with Crippen LogP contribution < -0.4 is 5.73 Å². The van der Waals surface area contributed by atoms with Crippen LogP contribution in [0, 0.1) is 0 Å². The maximum Gasteiger partial charge on any atom is 0.243 e. The van der Waals surface area contributed by atoms with Crippen LogP contribution in [0.15, 0.2) is 34.3 Å². The number of piperidine rings is 1. The largest absolute Gasteiger partial charge is 0.409 e. The van der Waals surface area contributed by atoms with E-state index in [0.29, 0.717) is 18.0 Å². The summed E-state index contributed by atoms with van der Waals surface area (Å²) in [5.74, 6) is -0.0813. The summed E-state index contributed by atoms with van der Waals surface area (Å²) in [5.41, 5.74) is 5.61. The van der Waals surface area contributed by atoms with E-state index in [0.717, 1.165) is 12.8 Å². The number of halogens is 1. The fourth-order valence-corrected chi connectivity index (χ4v) is 4.09. The Morgan fingerprint density at radius 3 is 2.60 bits per heavy atom. The summed E-state index contributed by atoms with van der Waals surface area (Å²) in [7, 11) is -3.68. The number of rotatable bonds is 3. The van der Waals surface area contributed by atoms with Crippen LogP contribution >= 0.6 is 11.6 Å². The lowest BCUT2D eigenvalue weighted by Crippen LogP contribution is -2.50. The molecular weight excluding hydrogens is 302 g/mol. The first kappa shape index (κ1) is 15.1. The topological polar surface area (TPSA) is 96.0 Å². The van der Waals surface area contributed by atoms with E-state index < -0.39 is 16.1 Å². The van der Waals surface area contributed by atoms with Gasteiger partial charge in [0, 0.05) is 11.6 Å². The Hall–Kier alpha value is -1.31. The Balaban J connectivity index is 2.38. The lowest BCUT2D eigenvalue weighted by molar-refractivity contribution is 0.281. The molecule has 1 aromatic carbocycles. The molecular formula is C12H16ClN3O3S. The Bertz CT molecular complexity index is 601. The average molecular weight is 318 g/mol. The van der Waals surface area contributed by atoms with Crippen molar-refractivity contribution in [1.29, 1.82) is 0 Å². The molecule has 8 heteroatoms. The molecule has 0 spiro atoms. The molecule has 1 aliphatic rings. The molecule has 0 saturated carbocycles. The van der Waals surface area contributed by atoms with Crippen LogP contribution in [0.1, 0.15) is 19.3 Å². The van der Waals surface area contributed by atoms with Gasteiger partial charge in [-0.2, -0.15) is 4.31 Å². The van der Waals surface area contributed by atoms with E-state index in [9.17, 15) is 8.42 Å². The first-order valence-corrected chi connectivity index (χ1v) is 8.03. The first-order valence-electron chi connectivity index (χ1n) is 6.21. The molecule has 3 N–H and O–H groups in total. The van der Waals surface area contributed by atoms with E-state index in [2.05, 4.69) is 5.16 Å². The van der Waals surface area contributed by atoms with Crippen LogP contribution in [0.3, 0.4) is 0 Å². The minimum atomic E-state index is -3.68. The second-order valence-electron chi connectivity index (χ2n) is 4.61. The van der Waals surface area contributed by atoms with Gasteiger partial charge in [0.05, 0.1) is 10.9 Å². The Labute approximate surface area is 122 Å². The maximum atomic E-state index is 12.6. The number of hydrogen-bond donors (Lipinski definition) is 2. The van der Waals surface area contributed by atoms with Gasteiger partial charge in [-0.3, -0.25) is 0 Å². The van der Waals surface area contributed by atoms with E-state index >= 15 is 0 Å². The molecule has 20 heavy (non-hydrogen) atoms. The monoisotopic (exact) mass is 317 g/mol. The quantitative estimate of drug-likeness (QED) is 0.383. The fourth-order valence-electron chi connectivity index (χ4n) is 2.30. The van der Waals surface area contributed by atoms with Gasteiger partial charge in [0.15, 0.2) is 5.84 Å². The Kier molecular flexibility index (Phi) is 4.52. The number of oxime groups is 1. The molecule has 1 heterocycles. The van der Waals surface area contributed by atoms with E-state index in [1.54, 1.807) is 0 Å². The predicted octanol–water partition coefficient (Wildman–Crippen LogP) is 1.63. The summed E-state index contributed by atoms with van der Waals surface area (Å²) < 4.78 is 26.5. The summed E-state index contributed by atoms with van der Waals surface area (Å²) >= 11 is 5.77. The first-order chi connectivity index (χ1) is 9.46. The van der Waals surface area contributed by atoms with Crippen molar-refractivity contribution in [3.05, 3.63) is 29.3 Å². The number of nitrogens with two attached hydrogens (primary N) is 1. The van der Waals surface area contributed by atoms with Crippen LogP contribution in [0.5, 0.6) is 0 Å². The van der Waals surface area contributed by atoms with E-state index in [1.807, 2.05) is 0 Å². The molecule has 0 aliphatic carbocycles. The van der Waals surface area contributed by atoms with Gasteiger partial charge in [-0.1, -0.05) is 23.2 Å². The highest BCUT2D eigenvalue weighted by atomic mass is 35.5. The molecule has 6 nitrogen and oxygen atoms in total. The number of nitrogens with zero attached hydrogens (tertiary/aromatic N) is 2. The SMILES string of the molecule is NC(=NO)C1CCCCN1S(=O)(=O)c1ccc(Cl)cc1. The summed E-state index contributed by atoms with van der Waals surface area (Å²) in [6.07, 6.45) is 2.14. The predicted molar refractivity (Wildman–Crippen MR) is 76.4 cm³/mol. The lowest BCUT2D eigenvalue weighted by atomic mass is 10.0. The van der Waals surface area contributed by atoms with Crippen molar-refractivity contribution in [1.82, 2.24) is 4.31 Å². The van der Waals surface area contributed by atoms with Gasteiger partial charge >= 0.3 is 0 Å². The van der Waals surface area contributed by atoms with Crippen molar-refractivity contribution in [3.8, 4) is 0 Å². The number of hydrogen-bond acceptors (Lipinski definition) is 4. The number of amidine groups is 1. The van der Waals surface area contributed by atoms with Crippen molar-refractivity contribution >= 4 is 27.5 Å². The number of sulfonamides is 1. The summed E-state index contributed by atoms with van der Waals surface area (Å²) in [4.78, 5) is 0.152. The van der Waals surface area contributed by atoms with Gasteiger partial charge in [0.25, 0.3) is 0 Å². The summed E-state index contributed by atoms with van der Waals surface area (Å²) in [6, 6.07) is 5.35. The van der Waals surface area contributed by atoms with Gasteiger partial charge in [0.2, 0.25) is 10.0 Å². The molecule has 1 atom stereocenters.